The van der Waals surface area contributed by atoms with Crippen LogP contribution in [0.1, 0.15) is 25.6 Å². The SMILES string of the molecule is CC(C)(C)OC(=O)N(Cc1cccs1)c1cc(Cl)nc2c(I)csc12. The number of rotatable bonds is 3. The maximum atomic E-state index is 12.9. The number of amides is 1. The van der Waals surface area contributed by atoms with Crippen molar-refractivity contribution in [2.75, 3.05) is 4.90 Å². The number of hydrogen-bond acceptors (Lipinski definition) is 5. The number of hydrogen-bond donors (Lipinski definition) is 0. The molecule has 3 aromatic heterocycles. The number of halogens is 2. The van der Waals surface area contributed by atoms with Crippen LogP contribution in [-0.2, 0) is 11.3 Å². The molecule has 0 saturated heterocycles. The molecule has 0 atom stereocenters. The summed E-state index contributed by atoms with van der Waals surface area (Å²) < 4.78 is 7.57. The number of ether oxygens (including phenoxy) is 1. The second kappa shape index (κ2) is 7.38. The van der Waals surface area contributed by atoms with Crippen LogP contribution in [0, 0.1) is 3.57 Å². The van der Waals surface area contributed by atoms with E-state index in [1.54, 1.807) is 33.6 Å². The largest absolute Gasteiger partial charge is 0.443 e. The van der Waals surface area contributed by atoms with Gasteiger partial charge in [0.1, 0.15) is 10.8 Å². The van der Waals surface area contributed by atoms with E-state index in [1.165, 1.54) is 0 Å². The average molecular weight is 507 g/mol. The number of carbonyl (C=O) groups is 1. The lowest BCUT2D eigenvalue weighted by atomic mass is 10.2. The van der Waals surface area contributed by atoms with E-state index in [0.29, 0.717) is 11.7 Å². The highest BCUT2D eigenvalue weighted by Crippen LogP contribution is 2.37. The Bertz CT molecular complexity index is 903. The normalized spacial score (nSPS) is 11.7. The maximum Gasteiger partial charge on any atom is 0.415 e. The van der Waals surface area contributed by atoms with Crippen LogP contribution in [0.4, 0.5) is 10.5 Å². The van der Waals surface area contributed by atoms with Gasteiger partial charge in [-0.15, -0.1) is 22.7 Å². The molecule has 0 spiro atoms. The van der Waals surface area contributed by atoms with Gasteiger partial charge in [0.15, 0.2) is 0 Å². The molecule has 0 aliphatic heterocycles. The minimum atomic E-state index is -0.579. The number of nitrogens with zero attached hydrogens (tertiary/aromatic N) is 2. The number of anilines is 1. The van der Waals surface area contributed by atoms with Crippen LogP contribution in [0.15, 0.2) is 29.0 Å². The molecule has 8 heteroatoms. The van der Waals surface area contributed by atoms with Gasteiger partial charge >= 0.3 is 6.09 Å². The van der Waals surface area contributed by atoms with Gasteiger partial charge in [-0.2, -0.15) is 0 Å². The summed E-state index contributed by atoms with van der Waals surface area (Å²) in [4.78, 5) is 20.0. The van der Waals surface area contributed by atoms with Gasteiger partial charge in [0.05, 0.1) is 26.0 Å². The molecule has 0 radical (unpaired) electrons. The van der Waals surface area contributed by atoms with Crippen LogP contribution in [0.2, 0.25) is 5.15 Å². The molecule has 0 N–H and O–H groups in total. The van der Waals surface area contributed by atoms with E-state index in [-0.39, 0.29) is 0 Å². The molecule has 0 aromatic carbocycles. The highest BCUT2D eigenvalue weighted by Gasteiger charge is 2.26. The first-order valence-electron chi connectivity index (χ1n) is 7.51. The fourth-order valence-electron chi connectivity index (χ4n) is 2.26. The van der Waals surface area contributed by atoms with Crippen molar-refractivity contribution in [1.82, 2.24) is 4.98 Å². The summed E-state index contributed by atoms with van der Waals surface area (Å²) in [5, 5.41) is 4.36. The number of thiophene rings is 2. The fraction of sp³-hybridized carbons (Fsp3) is 0.294. The molecular weight excluding hydrogens is 491 g/mol. The third kappa shape index (κ3) is 4.45. The number of carbonyl (C=O) groups excluding carboxylic acids is 1. The predicted octanol–water partition coefficient (Wildman–Crippen LogP) is 6.56. The number of aromatic nitrogens is 1. The third-order valence-electron chi connectivity index (χ3n) is 3.23. The Morgan fingerprint density at radius 3 is 2.80 bits per heavy atom. The highest BCUT2D eigenvalue weighted by molar-refractivity contribution is 14.1. The van der Waals surface area contributed by atoms with Crippen molar-refractivity contribution in [3.63, 3.8) is 0 Å². The Kier molecular flexibility index (Phi) is 5.57. The van der Waals surface area contributed by atoms with Crippen molar-refractivity contribution < 1.29 is 9.53 Å². The summed E-state index contributed by atoms with van der Waals surface area (Å²) >= 11 is 11.6. The molecule has 0 fully saturated rings. The van der Waals surface area contributed by atoms with E-state index < -0.39 is 11.7 Å². The molecule has 3 rings (SSSR count). The lowest BCUT2D eigenvalue weighted by molar-refractivity contribution is 0.0578. The quantitative estimate of drug-likeness (QED) is 0.298. The zero-order valence-corrected chi connectivity index (χ0v) is 18.4. The van der Waals surface area contributed by atoms with Crippen molar-refractivity contribution in [3.8, 4) is 0 Å². The average Bonchev–Trinajstić information content (AvgIpc) is 3.13. The molecule has 4 nitrogen and oxygen atoms in total. The smallest absolute Gasteiger partial charge is 0.415 e. The molecule has 0 unspecified atom stereocenters. The van der Waals surface area contributed by atoms with Crippen molar-refractivity contribution in [2.24, 2.45) is 0 Å². The maximum absolute atomic E-state index is 12.9. The van der Waals surface area contributed by atoms with Crippen LogP contribution in [0.5, 0.6) is 0 Å². The van der Waals surface area contributed by atoms with Crippen molar-refractivity contribution in [1.29, 1.82) is 0 Å². The molecule has 0 aliphatic carbocycles. The number of pyridine rings is 1. The summed E-state index contributed by atoms with van der Waals surface area (Å²) in [6.07, 6.45) is -0.395. The Morgan fingerprint density at radius 2 is 2.16 bits per heavy atom. The topological polar surface area (TPSA) is 42.4 Å². The molecule has 0 saturated carbocycles. The van der Waals surface area contributed by atoms with E-state index >= 15 is 0 Å². The van der Waals surface area contributed by atoms with Gasteiger partial charge < -0.3 is 4.74 Å². The van der Waals surface area contributed by atoms with Gasteiger partial charge in [0, 0.05) is 16.3 Å². The van der Waals surface area contributed by atoms with Crippen molar-refractivity contribution in [3.05, 3.63) is 42.6 Å². The van der Waals surface area contributed by atoms with Gasteiger partial charge in [-0.05, 0) is 54.8 Å². The number of fused-ring (bicyclic) bond motifs is 1. The van der Waals surface area contributed by atoms with E-state index in [4.69, 9.17) is 16.3 Å². The van der Waals surface area contributed by atoms with Crippen molar-refractivity contribution >= 4 is 78.9 Å². The molecule has 132 valence electrons. The Labute approximate surface area is 172 Å². The van der Waals surface area contributed by atoms with E-state index in [9.17, 15) is 4.79 Å². The molecule has 1 amide bonds. The minimum Gasteiger partial charge on any atom is -0.443 e. The summed E-state index contributed by atoms with van der Waals surface area (Å²) in [7, 11) is 0. The Morgan fingerprint density at radius 1 is 1.40 bits per heavy atom. The third-order valence-corrected chi connectivity index (χ3v) is 6.52. The molecule has 3 aromatic rings. The second-order valence-electron chi connectivity index (χ2n) is 6.37. The summed E-state index contributed by atoms with van der Waals surface area (Å²) in [5.74, 6) is 0. The Balaban J connectivity index is 2.09. The lowest BCUT2D eigenvalue weighted by Gasteiger charge is -2.27. The molecule has 0 aliphatic rings. The minimum absolute atomic E-state index is 0.360. The Hall–Kier alpha value is -0.900. The highest BCUT2D eigenvalue weighted by atomic mass is 127. The van der Waals surface area contributed by atoms with Crippen LogP contribution in [-0.4, -0.2) is 16.7 Å². The van der Waals surface area contributed by atoms with Crippen LogP contribution < -0.4 is 4.90 Å². The monoisotopic (exact) mass is 506 g/mol. The van der Waals surface area contributed by atoms with Crippen LogP contribution in [0.25, 0.3) is 10.2 Å². The molecule has 0 bridgehead atoms. The van der Waals surface area contributed by atoms with Crippen LogP contribution in [0.3, 0.4) is 0 Å². The second-order valence-corrected chi connectivity index (χ2v) is 9.83. The molecule has 3 heterocycles. The summed E-state index contributed by atoms with van der Waals surface area (Å²) in [6.45, 7) is 6.00. The van der Waals surface area contributed by atoms with Gasteiger partial charge in [-0.25, -0.2) is 9.78 Å². The van der Waals surface area contributed by atoms with Gasteiger partial charge in [0.25, 0.3) is 0 Å². The first-order valence-corrected chi connectivity index (χ1v) is 10.7. The zero-order chi connectivity index (χ0) is 18.2. The van der Waals surface area contributed by atoms with E-state index in [1.807, 2.05) is 43.7 Å². The zero-order valence-electron chi connectivity index (χ0n) is 13.9. The summed E-state index contributed by atoms with van der Waals surface area (Å²) in [6, 6.07) is 5.70. The van der Waals surface area contributed by atoms with Gasteiger partial charge in [-0.1, -0.05) is 17.7 Å². The van der Waals surface area contributed by atoms with Gasteiger partial charge in [0.2, 0.25) is 0 Å². The van der Waals surface area contributed by atoms with E-state index in [0.717, 1.165) is 24.4 Å². The fourth-order valence-corrected chi connectivity index (χ4v) is 4.98. The predicted molar refractivity (Wildman–Crippen MR) is 114 cm³/mol. The molecular formula is C17H16ClIN2O2S2. The first kappa shape index (κ1) is 18.9. The first-order chi connectivity index (χ1) is 11.7. The van der Waals surface area contributed by atoms with Gasteiger partial charge in [-0.3, -0.25) is 4.90 Å². The standard InChI is InChI=1S/C17H16ClIN2O2S2/c1-17(2,3)23-16(22)21(8-10-5-4-6-24-10)12-7-13(18)20-14-11(19)9-25-15(12)14/h4-7,9H,8H2,1-3H3. The van der Waals surface area contributed by atoms with Crippen LogP contribution >= 0.6 is 56.9 Å². The molecule has 25 heavy (non-hydrogen) atoms. The van der Waals surface area contributed by atoms with E-state index in [2.05, 4.69) is 27.6 Å². The lowest BCUT2D eigenvalue weighted by Crippen LogP contribution is -2.36. The van der Waals surface area contributed by atoms with Crippen molar-refractivity contribution in [2.45, 2.75) is 32.9 Å². The summed E-state index contributed by atoms with van der Waals surface area (Å²) in [5.41, 5.74) is 0.961.